The van der Waals surface area contributed by atoms with Gasteiger partial charge in [0, 0.05) is 41.3 Å². The summed E-state index contributed by atoms with van der Waals surface area (Å²) in [5.41, 5.74) is 0.854. The second-order valence-corrected chi connectivity index (χ2v) is 6.30. The molecule has 0 radical (unpaired) electrons. The van der Waals surface area contributed by atoms with Crippen molar-refractivity contribution >= 4 is 40.7 Å². The third-order valence-electron chi connectivity index (χ3n) is 3.55. The summed E-state index contributed by atoms with van der Waals surface area (Å²) < 4.78 is 5.52. The molecular formula is C16H16Cl2N4O2. The number of anilines is 2. The maximum absolute atomic E-state index is 12.2. The highest BCUT2D eigenvalue weighted by Gasteiger charge is 2.15. The van der Waals surface area contributed by atoms with Crippen molar-refractivity contribution in [3.8, 4) is 0 Å². The molecule has 8 heteroatoms. The van der Waals surface area contributed by atoms with Crippen molar-refractivity contribution < 1.29 is 9.53 Å². The lowest BCUT2D eigenvalue weighted by atomic mass is 10.2. The summed E-state index contributed by atoms with van der Waals surface area (Å²) in [7, 11) is 0. The summed E-state index contributed by atoms with van der Waals surface area (Å²) in [6.07, 6.45) is 5.25. The van der Waals surface area contributed by atoms with Crippen LogP contribution in [0.25, 0.3) is 0 Å². The normalized spacial score (nSPS) is 16.8. The van der Waals surface area contributed by atoms with Crippen molar-refractivity contribution in [1.29, 1.82) is 0 Å². The first-order valence-electron chi connectivity index (χ1n) is 7.55. The second kappa shape index (κ2) is 7.79. The highest BCUT2D eigenvalue weighted by molar-refractivity contribution is 6.35. The van der Waals surface area contributed by atoms with Crippen molar-refractivity contribution in [2.45, 2.75) is 18.9 Å². The van der Waals surface area contributed by atoms with E-state index in [9.17, 15) is 4.79 Å². The molecule has 2 N–H and O–H groups in total. The van der Waals surface area contributed by atoms with Crippen LogP contribution in [0.1, 0.15) is 23.2 Å². The van der Waals surface area contributed by atoms with Crippen LogP contribution in [0.15, 0.2) is 30.6 Å². The number of ether oxygens (including phenoxy) is 1. The van der Waals surface area contributed by atoms with E-state index in [-0.39, 0.29) is 12.0 Å². The predicted molar refractivity (Wildman–Crippen MR) is 93.9 cm³/mol. The van der Waals surface area contributed by atoms with Gasteiger partial charge in [0.1, 0.15) is 0 Å². The summed E-state index contributed by atoms with van der Waals surface area (Å²) >= 11 is 11.8. The summed E-state index contributed by atoms with van der Waals surface area (Å²) in [6, 6.07) is 4.82. The summed E-state index contributed by atoms with van der Waals surface area (Å²) in [5.74, 6) is 0.131. The molecule has 1 unspecified atom stereocenters. The van der Waals surface area contributed by atoms with E-state index >= 15 is 0 Å². The van der Waals surface area contributed by atoms with Gasteiger partial charge in [0.2, 0.25) is 5.95 Å². The van der Waals surface area contributed by atoms with Crippen LogP contribution in [0.5, 0.6) is 0 Å². The molecule has 1 aromatic carbocycles. The van der Waals surface area contributed by atoms with Crippen LogP contribution in [-0.4, -0.2) is 35.1 Å². The molecule has 0 bridgehead atoms. The van der Waals surface area contributed by atoms with Crippen LogP contribution < -0.4 is 10.6 Å². The summed E-state index contributed by atoms with van der Waals surface area (Å²) in [5, 5.41) is 6.71. The number of aromatic nitrogens is 2. The topological polar surface area (TPSA) is 76.1 Å². The average molecular weight is 367 g/mol. The lowest BCUT2D eigenvalue weighted by Gasteiger charge is -2.10. The van der Waals surface area contributed by atoms with Gasteiger partial charge in [-0.15, -0.1) is 0 Å². The van der Waals surface area contributed by atoms with Crippen LogP contribution in [0.2, 0.25) is 10.0 Å². The molecule has 1 aliphatic heterocycles. The standard InChI is InChI=1S/C16H16Cl2N4O2/c17-11-4-12(18)6-13(5-11)22-15(23)10-7-19-16(20-8-10)21-9-14-2-1-3-24-14/h4-8,14H,1-3,9H2,(H,22,23)(H,19,20,21). The molecule has 0 spiro atoms. The number of rotatable bonds is 5. The van der Waals surface area contributed by atoms with Crippen molar-refractivity contribution in [3.05, 3.63) is 46.2 Å². The van der Waals surface area contributed by atoms with Gasteiger partial charge in [0.25, 0.3) is 5.91 Å². The molecule has 126 valence electrons. The van der Waals surface area contributed by atoms with Gasteiger partial charge in [0.15, 0.2) is 0 Å². The Morgan fingerprint density at radius 3 is 2.54 bits per heavy atom. The van der Waals surface area contributed by atoms with E-state index in [4.69, 9.17) is 27.9 Å². The minimum atomic E-state index is -0.334. The summed E-state index contributed by atoms with van der Waals surface area (Å²) in [6.45, 7) is 1.46. The molecule has 1 aliphatic rings. The zero-order valence-electron chi connectivity index (χ0n) is 12.8. The van der Waals surface area contributed by atoms with E-state index in [1.807, 2.05) is 0 Å². The largest absolute Gasteiger partial charge is 0.376 e. The maximum atomic E-state index is 12.2. The number of amides is 1. The lowest BCUT2D eigenvalue weighted by Crippen LogP contribution is -2.20. The summed E-state index contributed by atoms with van der Waals surface area (Å²) in [4.78, 5) is 20.5. The molecule has 1 fully saturated rings. The van der Waals surface area contributed by atoms with Crippen LogP contribution >= 0.6 is 23.2 Å². The number of hydrogen-bond donors (Lipinski definition) is 2. The average Bonchev–Trinajstić information content (AvgIpc) is 3.06. The second-order valence-electron chi connectivity index (χ2n) is 5.42. The molecule has 1 amide bonds. The van der Waals surface area contributed by atoms with Crippen molar-refractivity contribution in [3.63, 3.8) is 0 Å². The monoisotopic (exact) mass is 366 g/mol. The maximum Gasteiger partial charge on any atom is 0.258 e. The lowest BCUT2D eigenvalue weighted by molar-refractivity contribution is 0.102. The minimum absolute atomic E-state index is 0.198. The zero-order chi connectivity index (χ0) is 16.9. The van der Waals surface area contributed by atoms with Gasteiger partial charge >= 0.3 is 0 Å². The van der Waals surface area contributed by atoms with Crippen molar-refractivity contribution in [2.75, 3.05) is 23.8 Å². The fourth-order valence-electron chi connectivity index (χ4n) is 2.38. The molecule has 2 heterocycles. The SMILES string of the molecule is O=C(Nc1cc(Cl)cc(Cl)c1)c1cnc(NCC2CCCO2)nc1. The molecule has 0 saturated carbocycles. The first-order chi connectivity index (χ1) is 11.6. The molecule has 1 atom stereocenters. The number of carbonyl (C=O) groups excluding carboxylic acids is 1. The highest BCUT2D eigenvalue weighted by atomic mass is 35.5. The minimum Gasteiger partial charge on any atom is -0.376 e. The van der Waals surface area contributed by atoms with E-state index < -0.39 is 0 Å². The van der Waals surface area contributed by atoms with E-state index in [0.717, 1.165) is 19.4 Å². The van der Waals surface area contributed by atoms with E-state index in [2.05, 4.69) is 20.6 Å². The Hall–Kier alpha value is -1.89. The van der Waals surface area contributed by atoms with Gasteiger partial charge < -0.3 is 15.4 Å². The van der Waals surface area contributed by atoms with Crippen LogP contribution in [0.3, 0.4) is 0 Å². The number of halogens is 2. The van der Waals surface area contributed by atoms with Crippen LogP contribution in [-0.2, 0) is 4.74 Å². The Morgan fingerprint density at radius 1 is 1.21 bits per heavy atom. The molecule has 3 rings (SSSR count). The molecular weight excluding hydrogens is 351 g/mol. The van der Waals surface area contributed by atoms with Crippen LogP contribution in [0, 0.1) is 0 Å². The van der Waals surface area contributed by atoms with E-state index in [1.165, 1.54) is 12.4 Å². The van der Waals surface area contributed by atoms with Crippen LogP contribution in [0.4, 0.5) is 11.6 Å². The molecule has 6 nitrogen and oxygen atoms in total. The molecule has 1 aromatic heterocycles. The van der Waals surface area contributed by atoms with Gasteiger partial charge in [-0.1, -0.05) is 23.2 Å². The smallest absolute Gasteiger partial charge is 0.258 e. The zero-order valence-corrected chi connectivity index (χ0v) is 14.3. The van der Waals surface area contributed by atoms with Gasteiger partial charge in [-0.25, -0.2) is 9.97 Å². The fourth-order valence-corrected chi connectivity index (χ4v) is 2.90. The number of nitrogens with zero attached hydrogens (tertiary/aromatic N) is 2. The van der Waals surface area contributed by atoms with Gasteiger partial charge in [0.05, 0.1) is 11.7 Å². The quantitative estimate of drug-likeness (QED) is 0.844. The van der Waals surface area contributed by atoms with Crippen molar-refractivity contribution in [2.24, 2.45) is 0 Å². The van der Waals surface area contributed by atoms with Gasteiger partial charge in [-0.05, 0) is 31.0 Å². The van der Waals surface area contributed by atoms with Gasteiger partial charge in [-0.3, -0.25) is 4.79 Å². The van der Waals surface area contributed by atoms with Crippen molar-refractivity contribution in [1.82, 2.24) is 9.97 Å². The first-order valence-corrected chi connectivity index (χ1v) is 8.31. The molecule has 0 aliphatic carbocycles. The fraction of sp³-hybridized carbons (Fsp3) is 0.312. The third kappa shape index (κ3) is 4.56. The predicted octanol–water partition coefficient (Wildman–Crippen LogP) is 3.63. The van der Waals surface area contributed by atoms with Gasteiger partial charge in [-0.2, -0.15) is 0 Å². The number of nitrogens with one attached hydrogen (secondary N) is 2. The molecule has 1 saturated heterocycles. The Kier molecular flexibility index (Phi) is 5.50. The molecule has 2 aromatic rings. The number of benzene rings is 1. The Bertz CT molecular complexity index is 698. The number of hydrogen-bond acceptors (Lipinski definition) is 5. The van der Waals surface area contributed by atoms with E-state index in [0.29, 0.717) is 33.8 Å². The Labute approximate surface area is 149 Å². The number of carbonyl (C=O) groups is 1. The Morgan fingerprint density at radius 2 is 1.92 bits per heavy atom. The third-order valence-corrected chi connectivity index (χ3v) is 3.98. The Balaban J connectivity index is 1.58. The van der Waals surface area contributed by atoms with E-state index in [1.54, 1.807) is 18.2 Å². The molecule has 24 heavy (non-hydrogen) atoms. The first kappa shape index (κ1) is 17.0. The highest BCUT2D eigenvalue weighted by Crippen LogP contribution is 2.22.